The highest BCUT2D eigenvalue weighted by Crippen LogP contribution is 2.40. The molecule has 0 spiro atoms. The number of carbonyl (C=O) groups excluding carboxylic acids is 2. The van der Waals surface area contributed by atoms with Crippen molar-refractivity contribution in [1.82, 2.24) is 19.4 Å². The quantitative estimate of drug-likeness (QED) is 0.511. The molecular formula is C23H19ClN4O5S. The Kier molecular flexibility index (Phi) is 4.79. The lowest BCUT2D eigenvalue weighted by atomic mass is 10.1. The van der Waals surface area contributed by atoms with Gasteiger partial charge in [0.2, 0.25) is 11.8 Å². The largest absolute Gasteiger partial charge is 0.419 e. The molecule has 0 N–H and O–H groups in total. The van der Waals surface area contributed by atoms with Gasteiger partial charge in [0.05, 0.1) is 12.1 Å². The molecule has 1 aromatic heterocycles. The molecule has 0 unspecified atom stereocenters. The molecule has 0 saturated heterocycles. The topological polar surface area (TPSA) is 114 Å². The number of amides is 2. The lowest BCUT2D eigenvalue weighted by molar-refractivity contribution is 0.0713. The van der Waals surface area contributed by atoms with Crippen molar-refractivity contribution in [2.24, 2.45) is 0 Å². The lowest BCUT2D eigenvalue weighted by Crippen LogP contribution is -2.33. The maximum Gasteiger partial charge on any atom is 0.269 e. The van der Waals surface area contributed by atoms with E-state index in [2.05, 4.69) is 10.2 Å². The average molecular weight is 499 g/mol. The maximum atomic E-state index is 13.4. The molecule has 0 radical (unpaired) electrons. The molecule has 174 valence electrons. The Hall–Kier alpha value is -3.24. The number of hydrogen-bond donors (Lipinski definition) is 0. The van der Waals surface area contributed by atoms with Crippen LogP contribution < -0.4 is 0 Å². The fourth-order valence-corrected chi connectivity index (χ4v) is 6.11. The summed E-state index contributed by atoms with van der Waals surface area (Å²) in [7, 11) is -3.95. The van der Waals surface area contributed by atoms with E-state index >= 15 is 0 Å². The summed E-state index contributed by atoms with van der Waals surface area (Å²) < 4.78 is 32.6. The molecular weight excluding hydrogens is 480 g/mol. The second kappa shape index (κ2) is 7.64. The molecule has 2 aliphatic carbocycles. The van der Waals surface area contributed by atoms with E-state index < -0.39 is 15.9 Å². The van der Waals surface area contributed by atoms with Crippen LogP contribution in [0.15, 0.2) is 51.8 Å². The van der Waals surface area contributed by atoms with Crippen LogP contribution in [0.4, 0.5) is 0 Å². The van der Waals surface area contributed by atoms with E-state index in [9.17, 15) is 18.0 Å². The second-order valence-electron chi connectivity index (χ2n) is 8.72. The molecule has 2 fully saturated rings. The number of aromatic nitrogens is 2. The van der Waals surface area contributed by atoms with Gasteiger partial charge in [-0.25, -0.2) is 12.7 Å². The van der Waals surface area contributed by atoms with E-state index in [-0.39, 0.29) is 46.4 Å². The highest BCUT2D eigenvalue weighted by atomic mass is 35.5. The minimum atomic E-state index is -3.95. The Morgan fingerprint density at radius 2 is 1.82 bits per heavy atom. The van der Waals surface area contributed by atoms with Gasteiger partial charge in [0, 0.05) is 28.2 Å². The molecule has 2 heterocycles. The molecule has 9 nitrogen and oxygen atoms in total. The molecule has 11 heteroatoms. The first-order chi connectivity index (χ1) is 16.3. The van der Waals surface area contributed by atoms with E-state index in [0.717, 1.165) is 17.1 Å². The Bertz CT molecular complexity index is 1430. The van der Waals surface area contributed by atoms with Crippen LogP contribution in [0.1, 0.15) is 52.3 Å². The molecule has 34 heavy (non-hydrogen) atoms. The van der Waals surface area contributed by atoms with E-state index in [1.807, 2.05) is 0 Å². The zero-order valence-corrected chi connectivity index (χ0v) is 19.4. The first kappa shape index (κ1) is 21.3. The summed E-state index contributed by atoms with van der Waals surface area (Å²) in [5.41, 5.74) is 1.03. The number of hydrogen-bond acceptors (Lipinski definition) is 7. The Morgan fingerprint density at radius 3 is 2.50 bits per heavy atom. The predicted octanol–water partition coefficient (Wildman–Crippen LogP) is 3.50. The number of halogens is 1. The zero-order chi connectivity index (χ0) is 23.6. The standard InChI is InChI=1S/C23H19ClN4O5S/c24-15-4-1-13(2-5-15)21-26-25-20(33-21)12-27(16-6-7-16)22(29)14-3-10-18-19(11-14)34(31,32)28(23(18)30)17-8-9-17/h1-5,10-11,16-17H,6-9,12H2. The van der Waals surface area contributed by atoms with Gasteiger partial charge in [-0.15, -0.1) is 10.2 Å². The van der Waals surface area contributed by atoms with Crippen molar-refractivity contribution in [3.63, 3.8) is 0 Å². The van der Waals surface area contributed by atoms with Crippen molar-refractivity contribution in [2.75, 3.05) is 0 Å². The third kappa shape index (κ3) is 3.57. The summed E-state index contributed by atoms with van der Waals surface area (Å²) >= 11 is 5.93. The highest BCUT2D eigenvalue weighted by Gasteiger charge is 2.49. The normalized spacial score (nSPS) is 18.7. The Labute approximate surface area is 200 Å². The van der Waals surface area contributed by atoms with E-state index in [1.165, 1.54) is 18.2 Å². The highest BCUT2D eigenvalue weighted by molar-refractivity contribution is 7.90. The van der Waals surface area contributed by atoms with Crippen LogP contribution in [0.5, 0.6) is 0 Å². The van der Waals surface area contributed by atoms with Gasteiger partial charge in [-0.3, -0.25) is 9.59 Å². The summed E-state index contributed by atoms with van der Waals surface area (Å²) in [5.74, 6) is -0.272. The molecule has 3 aliphatic rings. The van der Waals surface area contributed by atoms with Crippen molar-refractivity contribution < 1.29 is 22.4 Å². The number of sulfonamides is 1. The summed E-state index contributed by atoms with van der Waals surface area (Å²) in [6.45, 7) is 0.0983. The van der Waals surface area contributed by atoms with Gasteiger partial charge in [-0.05, 0) is 68.1 Å². The average Bonchev–Trinajstić information content (AvgIpc) is 3.76. The second-order valence-corrected chi connectivity index (χ2v) is 10.9. The van der Waals surface area contributed by atoms with Gasteiger partial charge in [0.25, 0.3) is 21.8 Å². The third-order valence-electron chi connectivity index (χ3n) is 6.19. The fourth-order valence-electron chi connectivity index (χ4n) is 4.14. The van der Waals surface area contributed by atoms with Crippen LogP contribution in [-0.2, 0) is 16.6 Å². The predicted molar refractivity (Wildman–Crippen MR) is 120 cm³/mol. The van der Waals surface area contributed by atoms with E-state index in [1.54, 1.807) is 29.2 Å². The summed E-state index contributed by atoms with van der Waals surface area (Å²) in [5, 5.41) is 8.73. The number of benzene rings is 2. The number of nitrogens with zero attached hydrogens (tertiary/aromatic N) is 4. The van der Waals surface area contributed by atoms with Crippen LogP contribution >= 0.6 is 11.6 Å². The maximum absolute atomic E-state index is 13.4. The minimum Gasteiger partial charge on any atom is -0.419 e. The molecule has 3 aromatic rings. The molecule has 2 amide bonds. The first-order valence-electron chi connectivity index (χ1n) is 10.9. The van der Waals surface area contributed by atoms with Crippen LogP contribution in [0.2, 0.25) is 5.02 Å². The molecule has 6 rings (SSSR count). The Morgan fingerprint density at radius 1 is 1.09 bits per heavy atom. The van der Waals surface area contributed by atoms with E-state index in [0.29, 0.717) is 29.3 Å². The van der Waals surface area contributed by atoms with Crippen molar-refractivity contribution in [3.05, 3.63) is 64.5 Å². The van der Waals surface area contributed by atoms with Crippen molar-refractivity contribution in [3.8, 4) is 11.5 Å². The molecule has 2 saturated carbocycles. The monoisotopic (exact) mass is 498 g/mol. The number of fused-ring (bicyclic) bond motifs is 1. The summed E-state index contributed by atoms with van der Waals surface area (Å²) in [6, 6.07) is 11.0. The van der Waals surface area contributed by atoms with Crippen LogP contribution in [0, 0.1) is 0 Å². The van der Waals surface area contributed by atoms with Crippen molar-refractivity contribution in [1.29, 1.82) is 0 Å². The van der Waals surface area contributed by atoms with Gasteiger partial charge in [0.15, 0.2) is 0 Å². The summed E-state index contributed by atoms with van der Waals surface area (Å²) in [4.78, 5) is 27.5. The van der Waals surface area contributed by atoms with Crippen molar-refractivity contribution >= 4 is 33.4 Å². The molecule has 1 aliphatic heterocycles. The van der Waals surface area contributed by atoms with E-state index in [4.69, 9.17) is 16.0 Å². The fraction of sp³-hybridized carbons (Fsp3) is 0.304. The molecule has 2 aromatic carbocycles. The van der Waals surface area contributed by atoms with Crippen LogP contribution in [0.25, 0.3) is 11.5 Å². The zero-order valence-electron chi connectivity index (χ0n) is 17.8. The van der Waals surface area contributed by atoms with Crippen molar-refractivity contribution in [2.45, 2.75) is 49.2 Å². The molecule has 0 atom stereocenters. The lowest BCUT2D eigenvalue weighted by Gasteiger charge is -2.20. The number of rotatable bonds is 6. The van der Waals surface area contributed by atoms with Gasteiger partial charge < -0.3 is 9.32 Å². The van der Waals surface area contributed by atoms with Crippen LogP contribution in [0.3, 0.4) is 0 Å². The first-order valence-corrected chi connectivity index (χ1v) is 12.8. The number of carbonyl (C=O) groups is 2. The van der Waals surface area contributed by atoms with Gasteiger partial charge in [-0.2, -0.15) is 0 Å². The van der Waals surface area contributed by atoms with Gasteiger partial charge in [0.1, 0.15) is 4.90 Å². The SMILES string of the molecule is O=C(c1ccc2c(c1)S(=O)(=O)N(C1CC1)C2=O)N(Cc1nnc(-c2ccc(Cl)cc2)o1)C1CC1. The smallest absolute Gasteiger partial charge is 0.269 e. The Balaban J connectivity index is 1.27. The molecule has 0 bridgehead atoms. The van der Waals surface area contributed by atoms with Crippen LogP contribution in [-0.4, -0.2) is 51.7 Å². The van der Waals surface area contributed by atoms with Gasteiger partial charge >= 0.3 is 0 Å². The van der Waals surface area contributed by atoms with Gasteiger partial charge in [-0.1, -0.05) is 11.6 Å². The summed E-state index contributed by atoms with van der Waals surface area (Å²) in [6.07, 6.45) is 3.01. The minimum absolute atomic E-state index is 0.00726. The third-order valence-corrected chi connectivity index (χ3v) is 8.31.